The minimum Gasteiger partial charge on any atom is -0.497 e. The zero-order valence-corrected chi connectivity index (χ0v) is 20.3. The Kier molecular flexibility index (Phi) is 8.19. The van der Waals surface area contributed by atoms with E-state index in [0.29, 0.717) is 32.2 Å². The average Bonchev–Trinajstić information content (AvgIpc) is 3.26. The molecule has 0 unspecified atom stereocenters. The van der Waals surface area contributed by atoms with Crippen molar-refractivity contribution in [1.82, 2.24) is 10.6 Å². The third kappa shape index (κ3) is 6.72. The van der Waals surface area contributed by atoms with Crippen molar-refractivity contribution in [1.29, 1.82) is 0 Å². The number of amides is 2. The molecule has 0 aromatic heterocycles. The van der Waals surface area contributed by atoms with Gasteiger partial charge in [0.2, 0.25) is 11.8 Å². The number of methoxy groups -OCH3 is 1. The Labute approximate surface area is 207 Å². The first kappa shape index (κ1) is 24.5. The van der Waals surface area contributed by atoms with Gasteiger partial charge >= 0.3 is 0 Å². The number of nitrogens with one attached hydrogen (secondary N) is 2. The van der Waals surface area contributed by atoms with E-state index in [1.807, 2.05) is 36.4 Å². The Morgan fingerprint density at radius 3 is 2.29 bits per heavy atom. The fraction of sp³-hybridized carbons (Fsp3) is 0.333. The third-order valence-corrected chi connectivity index (χ3v) is 6.90. The highest BCUT2D eigenvalue weighted by Gasteiger charge is 2.37. The van der Waals surface area contributed by atoms with Gasteiger partial charge in [0, 0.05) is 30.8 Å². The summed E-state index contributed by atoms with van der Waals surface area (Å²) in [5.74, 6) is 1.11. The van der Waals surface area contributed by atoms with E-state index in [4.69, 9.17) is 4.74 Å². The van der Waals surface area contributed by atoms with Crippen molar-refractivity contribution >= 4 is 11.8 Å². The molecule has 2 N–H and O–H groups in total. The molecule has 5 heteroatoms. The van der Waals surface area contributed by atoms with Crippen molar-refractivity contribution in [2.75, 3.05) is 13.7 Å². The highest BCUT2D eigenvalue weighted by molar-refractivity contribution is 5.80. The summed E-state index contributed by atoms with van der Waals surface area (Å²) in [5, 5.41) is 6.28. The molecule has 3 aromatic carbocycles. The van der Waals surface area contributed by atoms with Gasteiger partial charge in [-0.15, -0.1) is 0 Å². The van der Waals surface area contributed by atoms with E-state index in [1.54, 1.807) is 7.11 Å². The zero-order chi connectivity index (χ0) is 24.5. The van der Waals surface area contributed by atoms with Crippen LogP contribution in [0.3, 0.4) is 0 Å². The van der Waals surface area contributed by atoms with Crippen molar-refractivity contribution in [3.8, 4) is 5.75 Å². The summed E-state index contributed by atoms with van der Waals surface area (Å²) in [5.41, 5.74) is 3.20. The van der Waals surface area contributed by atoms with Gasteiger partial charge < -0.3 is 15.4 Å². The van der Waals surface area contributed by atoms with E-state index in [1.165, 1.54) is 11.1 Å². The maximum absolute atomic E-state index is 12.8. The Morgan fingerprint density at radius 2 is 1.69 bits per heavy atom. The van der Waals surface area contributed by atoms with Gasteiger partial charge in [0.25, 0.3) is 0 Å². The molecular weight excluding hydrogens is 436 g/mol. The van der Waals surface area contributed by atoms with Gasteiger partial charge in [0.05, 0.1) is 7.11 Å². The topological polar surface area (TPSA) is 67.4 Å². The molecule has 1 aliphatic rings. The highest BCUT2D eigenvalue weighted by atomic mass is 16.5. The summed E-state index contributed by atoms with van der Waals surface area (Å²) in [6, 6.07) is 28.8. The van der Waals surface area contributed by atoms with Crippen molar-refractivity contribution in [3.05, 3.63) is 102 Å². The predicted octanol–water partition coefficient (Wildman–Crippen LogP) is 5.01. The number of hydrogen-bond donors (Lipinski definition) is 2. The molecule has 1 saturated heterocycles. The molecule has 35 heavy (non-hydrogen) atoms. The van der Waals surface area contributed by atoms with Gasteiger partial charge in [-0.25, -0.2) is 0 Å². The van der Waals surface area contributed by atoms with Crippen LogP contribution in [-0.4, -0.2) is 31.0 Å². The second-order valence-corrected chi connectivity index (χ2v) is 9.37. The molecular formula is C30H34N2O3. The van der Waals surface area contributed by atoms with E-state index < -0.39 is 5.54 Å². The van der Waals surface area contributed by atoms with Crippen LogP contribution in [0, 0.1) is 0 Å². The average molecular weight is 471 g/mol. The van der Waals surface area contributed by atoms with Gasteiger partial charge in [-0.2, -0.15) is 0 Å². The summed E-state index contributed by atoms with van der Waals surface area (Å²) >= 11 is 0. The summed E-state index contributed by atoms with van der Waals surface area (Å²) in [6.45, 7) is 0.600. The molecule has 0 aliphatic carbocycles. The maximum Gasteiger partial charge on any atom is 0.220 e. The summed E-state index contributed by atoms with van der Waals surface area (Å²) in [7, 11) is 1.65. The van der Waals surface area contributed by atoms with Gasteiger partial charge in [-0.1, -0.05) is 72.8 Å². The smallest absolute Gasteiger partial charge is 0.220 e. The van der Waals surface area contributed by atoms with Crippen LogP contribution in [-0.2, 0) is 16.0 Å². The lowest BCUT2D eigenvalue weighted by Gasteiger charge is -2.29. The van der Waals surface area contributed by atoms with Crippen molar-refractivity contribution in [3.63, 3.8) is 0 Å². The van der Waals surface area contributed by atoms with Gasteiger partial charge in [0.15, 0.2) is 0 Å². The molecule has 4 rings (SSSR count). The molecule has 3 aromatic rings. The van der Waals surface area contributed by atoms with Crippen LogP contribution >= 0.6 is 0 Å². The minimum absolute atomic E-state index is 0.0241. The molecule has 0 spiro atoms. The first-order valence-electron chi connectivity index (χ1n) is 12.4. The maximum atomic E-state index is 12.8. The van der Waals surface area contributed by atoms with Crippen LogP contribution in [0.4, 0.5) is 0 Å². The minimum atomic E-state index is -0.391. The van der Waals surface area contributed by atoms with Crippen LogP contribution < -0.4 is 15.4 Å². The van der Waals surface area contributed by atoms with Crippen LogP contribution in [0.25, 0.3) is 0 Å². The number of hydrogen-bond acceptors (Lipinski definition) is 3. The fourth-order valence-electron chi connectivity index (χ4n) is 5.05. The number of ether oxygens (including phenoxy) is 1. The SMILES string of the molecule is COc1cccc(C[C@@]2(CCC(=O)NCCC(c3ccccc3)c3ccccc3)CCC(=O)N2)c1. The first-order valence-corrected chi connectivity index (χ1v) is 12.4. The number of benzene rings is 3. The molecule has 2 amide bonds. The first-order chi connectivity index (χ1) is 17.1. The van der Waals surface area contributed by atoms with Crippen molar-refractivity contribution in [2.45, 2.75) is 50.0 Å². The van der Waals surface area contributed by atoms with Gasteiger partial charge in [0.1, 0.15) is 5.75 Å². The highest BCUT2D eigenvalue weighted by Crippen LogP contribution is 2.31. The van der Waals surface area contributed by atoms with E-state index in [0.717, 1.165) is 24.2 Å². The molecule has 0 saturated carbocycles. The van der Waals surface area contributed by atoms with E-state index >= 15 is 0 Å². The third-order valence-electron chi connectivity index (χ3n) is 6.90. The molecule has 182 valence electrons. The molecule has 5 nitrogen and oxygen atoms in total. The Bertz CT molecular complexity index is 1080. The molecule has 0 radical (unpaired) electrons. The molecule has 0 bridgehead atoms. The second-order valence-electron chi connectivity index (χ2n) is 9.37. The second kappa shape index (κ2) is 11.7. The van der Waals surface area contributed by atoms with Crippen LogP contribution in [0.15, 0.2) is 84.9 Å². The monoisotopic (exact) mass is 470 g/mol. The lowest BCUT2D eigenvalue weighted by atomic mass is 9.85. The quantitative estimate of drug-likeness (QED) is 0.414. The Hall–Kier alpha value is -3.60. The number of carbonyl (C=O) groups is 2. The van der Waals surface area contributed by atoms with E-state index in [9.17, 15) is 9.59 Å². The molecule has 1 heterocycles. The zero-order valence-electron chi connectivity index (χ0n) is 20.3. The Balaban J connectivity index is 1.34. The fourth-order valence-corrected chi connectivity index (χ4v) is 5.05. The lowest BCUT2D eigenvalue weighted by molar-refractivity contribution is -0.122. The standard InChI is InChI=1S/C30H34N2O3/c1-35-26-14-8-9-23(21-26)22-30(19-16-29(34)32-30)18-15-28(33)31-20-17-27(24-10-4-2-5-11-24)25-12-6-3-7-13-25/h2-14,21,27H,15-20,22H2,1H3,(H,31,33)(H,32,34)/t30-/m1/s1. The number of carbonyl (C=O) groups excluding carboxylic acids is 2. The normalized spacial score (nSPS) is 17.3. The Morgan fingerprint density at radius 1 is 1.00 bits per heavy atom. The summed E-state index contributed by atoms with van der Waals surface area (Å²) in [6.07, 6.45) is 3.74. The molecule has 1 atom stereocenters. The molecule has 1 aliphatic heterocycles. The van der Waals surface area contributed by atoms with Crippen molar-refractivity contribution < 1.29 is 14.3 Å². The van der Waals surface area contributed by atoms with Crippen LogP contribution in [0.5, 0.6) is 5.75 Å². The number of rotatable bonds is 11. The largest absolute Gasteiger partial charge is 0.497 e. The molecule has 1 fully saturated rings. The van der Waals surface area contributed by atoms with E-state index in [2.05, 4.69) is 59.2 Å². The van der Waals surface area contributed by atoms with Crippen LogP contribution in [0.1, 0.15) is 54.7 Å². The van der Waals surface area contributed by atoms with Crippen molar-refractivity contribution in [2.24, 2.45) is 0 Å². The van der Waals surface area contributed by atoms with Gasteiger partial charge in [-0.05, 0) is 54.5 Å². The summed E-state index contributed by atoms with van der Waals surface area (Å²) in [4.78, 5) is 24.9. The summed E-state index contributed by atoms with van der Waals surface area (Å²) < 4.78 is 5.35. The van der Waals surface area contributed by atoms with Crippen LogP contribution in [0.2, 0.25) is 0 Å². The van der Waals surface area contributed by atoms with Gasteiger partial charge in [-0.3, -0.25) is 9.59 Å². The predicted molar refractivity (Wildman–Crippen MR) is 138 cm³/mol. The van der Waals surface area contributed by atoms with E-state index in [-0.39, 0.29) is 17.7 Å². The lowest BCUT2D eigenvalue weighted by Crippen LogP contribution is -2.44.